The summed E-state index contributed by atoms with van der Waals surface area (Å²) in [5.41, 5.74) is 0. The Morgan fingerprint density at radius 2 is 1.73 bits per heavy atom. The lowest BCUT2D eigenvalue weighted by atomic mass is 10.4. The van der Waals surface area contributed by atoms with Gasteiger partial charge in [-0.15, -0.1) is 0 Å². The Labute approximate surface area is 64.5 Å². The molecule has 5 heteroatoms. The summed E-state index contributed by atoms with van der Waals surface area (Å²) in [6.45, 7) is 0. The van der Waals surface area contributed by atoms with Gasteiger partial charge in [0.05, 0.1) is 4.90 Å². The molecular weight excluding hydrogens is 168 g/mol. The topological polar surface area (TPSA) is 85.9 Å². The van der Waals surface area contributed by atoms with Crippen LogP contribution in [0.1, 0.15) is 0 Å². The molecule has 0 amide bonds. The number of rotatable bonds is 1. The predicted molar refractivity (Wildman–Crippen MR) is 38.7 cm³/mol. The molecule has 3 N–H and O–H groups in total. The van der Waals surface area contributed by atoms with Gasteiger partial charge in [-0.05, 0) is 18.2 Å². The fourth-order valence-corrected chi connectivity index (χ4v) is 1.02. The summed E-state index contributed by atoms with van der Waals surface area (Å²) in [6, 6.07) is 8.02. The molecule has 11 heavy (non-hydrogen) atoms. The Morgan fingerprint density at radius 1 is 1.27 bits per heavy atom. The van der Waals surface area contributed by atoms with Gasteiger partial charge in [-0.25, -0.2) is 0 Å². The quantitative estimate of drug-likeness (QED) is 0.605. The van der Waals surface area contributed by atoms with Crippen molar-refractivity contribution in [3.05, 3.63) is 30.3 Å². The fraction of sp³-hybridized carbons (Fsp3) is 0. The van der Waals surface area contributed by atoms with Crippen molar-refractivity contribution in [3.8, 4) is 0 Å². The van der Waals surface area contributed by atoms with Crippen LogP contribution in [0.3, 0.4) is 0 Å². The van der Waals surface area contributed by atoms with Crippen LogP contribution in [0.25, 0.3) is 0 Å². The third kappa shape index (κ3) is 2.67. The molecule has 0 unspecified atom stereocenters. The van der Waals surface area contributed by atoms with Gasteiger partial charge in [-0.2, -0.15) is 8.42 Å². The van der Waals surface area contributed by atoms with Gasteiger partial charge in [0.25, 0.3) is 10.1 Å². The molecule has 0 spiro atoms. The summed E-state index contributed by atoms with van der Waals surface area (Å²) in [4.78, 5) is -0.105. The molecular formula is C6H7O4S. The summed E-state index contributed by atoms with van der Waals surface area (Å²) in [5, 5.41) is 0. The molecule has 0 heterocycles. The van der Waals surface area contributed by atoms with Gasteiger partial charge < -0.3 is 5.48 Å². The lowest BCUT2D eigenvalue weighted by Gasteiger charge is -1.91. The third-order valence-corrected chi connectivity index (χ3v) is 1.85. The standard InChI is InChI=1S/C6H5O3S.H2O/c7-10(8,9)6-4-2-1-3-5-6;/h2-5H,(H,7,8,9);1H2. The van der Waals surface area contributed by atoms with Gasteiger partial charge in [0.2, 0.25) is 0 Å². The molecule has 0 aliphatic rings. The van der Waals surface area contributed by atoms with Gasteiger partial charge in [0.15, 0.2) is 0 Å². The van der Waals surface area contributed by atoms with E-state index in [0.717, 1.165) is 0 Å². The van der Waals surface area contributed by atoms with Crippen molar-refractivity contribution in [1.29, 1.82) is 0 Å². The number of hydrogen-bond acceptors (Lipinski definition) is 2. The van der Waals surface area contributed by atoms with Crippen molar-refractivity contribution in [2.45, 2.75) is 4.90 Å². The average Bonchev–Trinajstić information content (AvgIpc) is 1.88. The molecule has 0 bridgehead atoms. The van der Waals surface area contributed by atoms with E-state index in [4.69, 9.17) is 4.55 Å². The molecule has 0 aromatic heterocycles. The van der Waals surface area contributed by atoms with Crippen LogP contribution in [0.2, 0.25) is 0 Å². The van der Waals surface area contributed by atoms with Gasteiger partial charge >= 0.3 is 0 Å². The maximum absolute atomic E-state index is 10.4. The highest BCUT2D eigenvalue weighted by Gasteiger charge is 2.05. The molecule has 1 aromatic rings. The minimum atomic E-state index is -4.02. The Morgan fingerprint density at radius 3 is 2.00 bits per heavy atom. The van der Waals surface area contributed by atoms with E-state index < -0.39 is 10.1 Å². The van der Waals surface area contributed by atoms with Gasteiger partial charge in [0, 0.05) is 0 Å². The lowest BCUT2D eigenvalue weighted by Crippen LogP contribution is -1.96. The van der Waals surface area contributed by atoms with Crippen LogP contribution < -0.4 is 0 Å². The highest BCUT2D eigenvalue weighted by molar-refractivity contribution is 7.85. The SMILES string of the molecule is O.O=S(=O)(O)c1cc[c]cc1. The van der Waals surface area contributed by atoms with Gasteiger partial charge in [-0.3, -0.25) is 4.55 Å². The fourth-order valence-electron chi connectivity index (χ4n) is 0.544. The van der Waals surface area contributed by atoms with Crippen molar-refractivity contribution in [1.82, 2.24) is 0 Å². The van der Waals surface area contributed by atoms with E-state index in [1.54, 1.807) is 0 Å². The van der Waals surface area contributed by atoms with Gasteiger partial charge in [-0.1, -0.05) is 12.1 Å². The summed E-state index contributed by atoms with van der Waals surface area (Å²) < 4.78 is 29.2. The molecule has 4 nitrogen and oxygen atoms in total. The van der Waals surface area contributed by atoms with E-state index in [1.165, 1.54) is 24.3 Å². The first kappa shape index (κ1) is 10.1. The number of hydrogen-bond donors (Lipinski definition) is 1. The zero-order valence-corrected chi connectivity index (χ0v) is 6.30. The van der Waals surface area contributed by atoms with Crippen LogP contribution >= 0.6 is 0 Å². The summed E-state index contributed by atoms with van der Waals surface area (Å²) >= 11 is 0. The minimum Gasteiger partial charge on any atom is -0.412 e. The summed E-state index contributed by atoms with van der Waals surface area (Å²) in [5.74, 6) is 0. The summed E-state index contributed by atoms with van der Waals surface area (Å²) in [6.07, 6.45) is 0. The summed E-state index contributed by atoms with van der Waals surface area (Å²) in [7, 11) is -4.02. The maximum Gasteiger partial charge on any atom is 0.294 e. The van der Waals surface area contributed by atoms with Crippen LogP contribution in [0.15, 0.2) is 29.2 Å². The second-order valence-electron chi connectivity index (χ2n) is 1.71. The van der Waals surface area contributed by atoms with Crippen molar-refractivity contribution in [3.63, 3.8) is 0 Å². The highest BCUT2D eigenvalue weighted by Crippen LogP contribution is 2.04. The molecule has 1 rings (SSSR count). The Kier molecular flexibility index (Phi) is 3.18. The van der Waals surface area contributed by atoms with Crippen molar-refractivity contribution in [2.24, 2.45) is 0 Å². The second-order valence-corrected chi connectivity index (χ2v) is 3.13. The normalized spacial score (nSPS) is 10.3. The minimum absolute atomic E-state index is 0. The van der Waals surface area contributed by atoms with Crippen LogP contribution in [0.5, 0.6) is 0 Å². The number of benzene rings is 1. The highest BCUT2D eigenvalue weighted by atomic mass is 32.2. The Bertz CT molecular complexity index is 303. The van der Waals surface area contributed by atoms with Gasteiger partial charge in [0.1, 0.15) is 0 Å². The zero-order valence-electron chi connectivity index (χ0n) is 5.48. The molecule has 1 radical (unpaired) electrons. The van der Waals surface area contributed by atoms with Crippen molar-refractivity contribution < 1.29 is 18.4 Å². The Balaban J connectivity index is 0.000001000. The maximum atomic E-state index is 10.4. The van der Waals surface area contributed by atoms with Crippen molar-refractivity contribution in [2.75, 3.05) is 0 Å². The first-order chi connectivity index (χ1) is 4.61. The molecule has 0 fully saturated rings. The van der Waals surface area contributed by atoms with Crippen LogP contribution in [-0.4, -0.2) is 18.4 Å². The van der Waals surface area contributed by atoms with Crippen LogP contribution in [-0.2, 0) is 10.1 Å². The first-order valence-corrected chi connectivity index (χ1v) is 3.98. The Hall–Kier alpha value is -0.910. The molecule has 61 valence electrons. The largest absolute Gasteiger partial charge is 0.412 e. The van der Waals surface area contributed by atoms with E-state index in [-0.39, 0.29) is 10.4 Å². The monoisotopic (exact) mass is 175 g/mol. The average molecular weight is 175 g/mol. The smallest absolute Gasteiger partial charge is 0.294 e. The predicted octanol–water partition coefficient (Wildman–Crippen LogP) is -0.0912. The van der Waals surface area contributed by atoms with E-state index in [0.29, 0.717) is 0 Å². The zero-order chi connectivity index (χ0) is 7.61. The van der Waals surface area contributed by atoms with Crippen LogP contribution in [0, 0.1) is 6.07 Å². The molecule has 0 atom stereocenters. The molecule has 1 aromatic carbocycles. The molecule has 0 saturated carbocycles. The van der Waals surface area contributed by atoms with E-state index >= 15 is 0 Å². The van der Waals surface area contributed by atoms with E-state index in [2.05, 4.69) is 6.07 Å². The lowest BCUT2D eigenvalue weighted by molar-refractivity contribution is 0.483. The second kappa shape index (κ2) is 3.47. The third-order valence-electron chi connectivity index (χ3n) is 0.986. The molecule has 0 aliphatic carbocycles. The first-order valence-electron chi connectivity index (χ1n) is 2.54. The van der Waals surface area contributed by atoms with E-state index in [9.17, 15) is 8.42 Å². The molecule has 0 saturated heterocycles. The van der Waals surface area contributed by atoms with Crippen molar-refractivity contribution >= 4 is 10.1 Å². The molecule has 0 aliphatic heterocycles. The van der Waals surface area contributed by atoms with Crippen LogP contribution in [0.4, 0.5) is 0 Å². The van der Waals surface area contributed by atoms with E-state index in [1.807, 2.05) is 0 Å².